The van der Waals surface area contributed by atoms with Gasteiger partial charge in [0.05, 0.1) is 32.1 Å². The zero-order chi connectivity index (χ0) is 24.9. The second kappa shape index (κ2) is 10.5. The molecule has 2 heterocycles. The van der Waals surface area contributed by atoms with E-state index in [-0.39, 0.29) is 5.91 Å². The average Bonchev–Trinajstić information content (AvgIpc) is 3.66. The van der Waals surface area contributed by atoms with E-state index in [1.165, 1.54) is 12.8 Å². The van der Waals surface area contributed by atoms with Crippen molar-refractivity contribution in [2.75, 3.05) is 20.8 Å². The van der Waals surface area contributed by atoms with E-state index < -0.39 is 0 Å². The summed E-state index contributed by atoms with van der Waals surface area (Å²) in [6, 6.07) is 18.8. The number of para-hydroxylation sites is 1. The van der Waals surface area contributed by atoms with Crippen LogP contribution in [0.25, 0.3) is 16.9 Å². The van der Waals surface area contributed by atoms with Crippen LogP contribution in [-0.4, -0.2) is 41.5 Å². The van der Waals surface area contributed by atoms with Crippen LogP contribution < -0.4 is 19.5 Å². The maximum Gasteiger partial charge on any atom is 0.255 e. The Morgan fingerprint density at radius 3 is 2.58 bits per heavy atom. The summed E-state index contributed by atoms with van der Waals surface area (Å²) in [6.45, 7) is 1.04. The molecule has 1 fully saturated rings. The molecule has 2 aromatic heterocycles. The number of nitrogens with zero attached hydrogens (tertiary/aromatic N) is 3. The minimum Gasteiger partial charge on any atom is -0.497 e. The second-order valence-electron chi connectivity index (χ2n) is 8.68. The van der Waals surface area contributed by atoms with E-state index in [1.807, 2.05) is 54.6 Å². The standard InChI is InChI=1S/C28H28N4O4/c1-34-22-11-12-23(25(14-22)35-2)27-24(17-32(31-27)21-6-4-3-5-7-21)28(33)30-16-20-10-13-26(29-15-20)36-18-19-8-9-19/h3-7,10-15,17,19H,8-9,16,18H2,1-2H3,(H,30,33). The number of hydrogen-bond donors (Lipinski definition) is 1. The van der Waals surface area contributed by atoms with Gasteiger partial charge in [-0.1, -0.05) is 24.3 Å². The summed E-state index contributed by atoms with van der Waals surface area (Å²) in [4.78, 5) is 17.7. The molecule has 0 unspecified atom stereocenters. The third-order valence-corrected chi connectivity index (χ3v) is 6.06. The van der Waals surface area contributed by atoms with Crippen molar-refractivity contribution in [1.82, 2.24) is 20.1 Å². The lowest BCUT2D eigenvalue weighted by atomic mass is 10.1. The van der Waals surface area contributed by atoms with E-state index >= 15 is 0 Å². The number of carbonyl (C=O) groups excluding carboxylic acids is 1. The van der Waals surface area contributed by atoms with Crippen LogP contribution in [0, 0.1) is 5.92 Å². The molecule has 0 radical (unpaired) electrons. The van der Waals surface area contributed by atoms with Gasteiger partial charge in [-0.25, -0.2) is 9.67 Å². The van der Waals surface area contributed by atoms with Crippen molar-refractivity contribution in [2.45, 2.75) is 19.4 Å². The molecule has 0 bridgehead atoms. The monoisotopic (exact) mass is 484 g/mol. The van der Waals surface area contributed by atoms with Crippen LogP contribution in [0.3, 0.4) is 0 Å². The Labute approximate surface area is 209 Å². The first kappa shape index (κ1) is 23.4. The summed E-state index contributed by atoms with van der Waals surface area (Å²) in [7, 11) is 3.18. The summed E-state index contributed by atoms with van der Waals surface area (Å²) in [6.07, 6.45) is 5.92. The molecule has 2 aromatic carbocycles. The van der Waals surface area contributed by atoms with Gasteiger partial charge >= 0.3 is 0 Å². The van der Waals surface area contributed by atoms with E-state index in [1.54, 1.807) is 37.4 Å². The molecule has 0 aliphatic heterocycles. The number of methoxy groups -OCH3 is 2. The molecule has 1 saturated carbocycles. The van der Waals surface area contributed by atoms with Crippen molar-refractivity contribution in [3.63, 3.8) is 0 Å². The number of carbonyl (C=O) groups is 1. The van der Waals surface area contributed by atoms with Crippen LogP contribution in [0.1, 0.15) is 28.8 Å². The molecule has 36 heavy (non-hydrogen) atoms. The van der Waals surface area contributed by atoms with Crippen molar-refractivity contribution < 1.29 is 19.0 Å². The molecule has 184 valence electrons. The molecule has 0 atom stereocenters. The minimum absolute atomic E-state index is 0.251. The lowest BCUT2D eigenvalue weighted by Gasteiger charge is -2.10. The number of pyridine rings is 1. The Hall–Kier alpha value is -4.33. The first-order valence-corrected chi connectivity index (χ1v) is 11.9. The molecule has 1 N–H and O–H groups in total. The first-order valence-electron chi connectivity index (χ1n) is 11.9. The summed E-state index contributed by atoms with van der Waals surface area (Å²) in [5, 5.41) is 7.74. The Balaban J connectivity index is 1.39. The van der Waals surface area contributed by atoms with Crippen molar-refractivity contribution in [2.24, 2.45) is 5.92 Å². The van der Waals surface area contributed by atoms with Crippen LogP contribution in [-0.2, 0) is 6.54 Å². The third-order valence-electron chi connectivity index (χ3n) is 6.06. The topological polar surface area (TPSA) is 87.5 Å². The van der Waals surface area contributed by atoms with E-state index in [4.69, 9.17) is 19.3 Å². The fourth-order valence-corrected chi connectivity index (χ4v) is 3.81. The van der Waals surface area contributed by atoms with Gasteiger partial charge in [0.25, 0.3) is 5.91 Å². The number of aromatic nitrogens is 3. The SMILES string of the molecule is COc1ccc(-c2nn(-c3ccccc3)cc2C(=O)NCc2ccc(OCC3CC3)nc2)c(OC)c1. The van der Waals surface area contributed by atoms with Crippen LogP contribution in [0.15, 0.2) is 73.1 Å². The van der Waals surface area contributed by atoms with Crippen molar-refractivity contribution >= 4 is 5.91 Å². The molecular formula is C28H28N4O4. The highest BCUT2D eigenvalue weighted by Crippen LogP contribution is 2.35. The van der Waals surface area contributed by atoms with Crippen molar-refractivity contribution in [3.05, 3.63) is 84.2 Å². The number of amides is 1. The number of hydrogen-bond acceptors (Lipinski definition) is 6. The van der Waals surface area contributed by atoms with Gasteiger partial charge in [-0.3, -0.25) is 4.79 Å². The van der Waals surface area contributed by atoms with Crippen molar-refractivity contribution in [1.29, 1.82) is 0 Å². The lowest BCUT2D eigenvalue weighted by molar-refractivity contribution is 0.0951. The number of rotatable bonds is 10. The van der Waals surface area contributed by atoms with Gasteiger partial charge in [0.2, 0.25) is 5.88 Å². The number of nitrogens with one attached hydrogen (secondary N) is 1. The molecule has 8 nitrogen and oxygen atoms in total. The van der Waals surface area contributed by atoms with Gasteiger partial charge in [0.1, 0.15) is 17.2 Å². The summed E-state index contributed by atoms with van der Waals surface area (Å²) >= 11 is 0. The highest BCUT2D eigenvalue weighted by atomic mass is 16.5. The maximum absolute atomic E-state index is 13.4. The molecule has 1 amide bonds. The predicted octanol–water partition coefficient (Wildman–Crippen LogP) is 4.67. The predicted molar refractivity (Wildman–Crippen MR) is 136 cm³/mol. The fourth-order valence-electron chi connectivity index (χ4n) is 3.81. The number of ether oxygens (including phenoxy) is 3. The van der Waals surface area contributed by atoms with Gasteiger partial charge in [-0.2, -0.15) is 5.10 Å². The molecule has 1 aliphatic carbocycles. The van der Waals surface area contributed by atoms with Crippen LogP contribution in [0.2, 0.25) is 0 Å². The van der Waals surface area contributed by atoms with Crippen LogP contribution in [0.5, 0.6) is 17.4 Å². The van der Waals surface area contributed by atoms with Gasteiger partial charge in [-0.15, -0.1) is 0 Å². The summed E-state index contributed by atoms with van der Waals surface area (Å²) < 4.78 is 18.3. The Kier molecular flexibility index (Phi) is 6.84. The molecule has 4 aromatic rings. The normalized spacial score (nSPS) is 12.7. The smallest absolute Gasteiger partial charge is 0.255 e. The third kappa shape index (κ3) is 5.33. The molecular weight excluding hydrogens is 456 g/mol. The Bertz CT molecular complexity index is 1330. The largest absolute Gasteiger partial charge is 0.497 e. The van der Waals surface area contributed by atoms with E-state index in [2.05, 4.69) is 10.3 Å². The Morgan fingerprint density at radius 1 is 1.06 bits per heavy atom. The van der Waals surface area contributed by atoms with E-state index in [0.29, 0.717) is 53.3 Å². The van der Waals surface area contributed by atoms with E-state index in [9.17, 15) is 4.79 Å². The minimum atomic E-state index is -0.251. The van der Waals surface area contributed by atoms with Crippen LogP contribution >= 0.6 is 0 Å². The fraction of sp³-hybridized carbons (Fsp3) is 0.250. The van der Waals surface area contributed by atoms with E-state index in [0.717, 1.165) is 11.3 Å². The average molecular weight is 485 g/mol. The highest BCUT2D eigenvalue weighted by molar-refractivity contribution is 6.00. The van der Waals surface area contributed by atoms with Gasteiger partial charge in [0.15, 0.2) is 0 Å². The Morgan fingerprint density at radius 2 is 1.89 bits per heavy atom. The number of benzene rings is 2. The van der Waals surface area contributed by atoms with Crippen molar-refractivity contribution in [3.8, 4) is 34.3 Å². The molecule has 8 heteroatoms. The van der Waals surface area contributed by atoms with Gasteiger partial charge in [0, 0.05) is 36.6 Å². The zero-order valence-corrected chi connectivity index (χ0v) is 20.3. The quantitative estimate of drug-likeness (QED) is 0.352. The van der Waals surface area contributed by atoms with Gasteiger partial charge in [-0.05, 0) is 48.6 Å². The van der Waals surface area contributed by atoms with Gasteiger partial charge < -0.3 is 19.5 Å². The second-order valence-corrected chi connectivity index (χ2v) is 8.68. The molecule has 0 saturated heterocycles. The first-order chi connectivity index (χ1) is 17.6. The zero-order valence-electron chi connectivity index (χ0n) is 20.3. The molecule has 5 rings (SSSR count). The summed E-state index contributed by atoms with van der Waals surface area (Å²) in [5.41, 5.74) is 3.35. The molecule has 0 spiro atoms. The lowest BCUT2D eigenvalue weighted by Crippen LogP contribution is -2.23. The molecule has 1 aliphatic rings. The highest BCUT2D eigenvalue weighted by Gasteiger charge is 2.23. The van der Waals surface area contributed by atoms with Crippen LogP contribution in [0.4, 0.5) is 0 Å². The maximum atomic E-state index is 13.4. The summed E-state index contributed by atoms with van der Waals surface area (Å²) in [5.74, 6) is 2.24.